The van der Waals surface area contributed by atoms with Crippen LogP contribution in [0.1, 0.15) is 161 Å². The molecule has 0 spiro atoms. The van der Waals surface area contributed by atoms with Crippen molar-refractivity contribution in [2.24, 2.45) is 57.0 Å². The van der Waals surface area contributed by atoms with E-state index in [0.717, 1.165) is 107 Å². The Morgan fingerprint density at radius 1 is 0.788 bits per heavy atom. The second kappa shape index (κ2) is 30.6. The van der Waals surface area contributed by atoms with E-state index in [1.807, 2.05) is 59.0 Å². The average molecular weight is 921 g/mol. The van der Waals surface area contributed by atoms with E-state index in [0.29, 0.717) is 22.7 Å². The Kier molecular flexibility index (Phi) is 28.4. The van der Waals surface area contributed by atoms with Gasteiger partial charge in [-0.3, -0.25) is 4.79 Å². The highest BCUT2D eigenvalue weighted by atomic mass is 16.3. The molecule has 9 atom stereocenters. The fourth-order valence-electron chi connectivity index (χ4n) is 13.8. The van der Waals surface area contributed by atoms with E-state index in [4.69, 9.17) is 4.79 Å². The molecule has 5 aliphatic carbocycles. The van der Waals surface area contributed by atoms with Crippen molar-refractivity contribution < 1.29 is 24.6 Å². The number of fused-ring (bicyclic) bond motifs is 7. The predicted molar refractivity (Wildman–Crippen MR) is 280 cm³/mol. The van der Waals surface area contributed by atoms with Gasteiger partial charge >= 0.3 is 0 Å². The van der Waals surface area contributed by atoms with Crippen LogP contribution in [0.15, 0.2) is 60.7 Å². The van der Waals surface area contributed by atoms with Gasteiger partial charge in [0.05, 0.1) is 12.2 Å². The number of hydrogen-bond donors (Lipinski definition) is 5. The second-order valence-electron chi connectivity index (χ2n) is 20.7. The van der Waals surface area contributed by atoms with Crippen molar-refractivity contribution in [3.63, 3.8) is 0 Å². The number of carbonyl (C=O) groups excluding carboxylic acids is 3. The first-order valence-electron chi connectivity index (χ1n) is 25.8. The van der Waals surface area contributed by atoms with Crippen LogP contribution in [0.25, 0.3) is 0 Å². The lowest BCUT2D eigenvalue weighted by Gasteiger charge is -2.69. The summed E-state index contributed by atoms with van der Waals surface area (Å²) < 4.78 is 0. The Bertz CT molecular complexity index is 1570. The first kappa shape index (κ1) is 61.2. The number of nitrogens with zero attached hydrogens (tertiary/aromatic N) is 1. The van der Waals surface area contributed by atoms with E-state index in [2.05, 4.69) is 88.1 Å². The molecule has 0 amide bonds. The smallest absolute Gasteiger partial charge is 0.150 e. The molecule has 0 radical (unpaired) electrons. The molecule has 1 aromatic carbocycles. The SMILES string of the molecule is C/C=C(\C=C(/C)Cc1ccc(C=O)cc1)CCNC.C=C.C=O.CC.CC1(C)C(O)CCC2(C)C1CCC1(C)C3CCC4(C=O)CCCC4C3CCC12.CN.CNCCN1CCC(O)CC1. The number of benzene rings is 1. The molecule has 9 nitrogen and oxygen atoms in total. The van der Waals surface area contributed by atoms with Crippen molar-refractivity contribution >= 4 is 19.4 Å². The fraction of sp³-hybridized carbons (Fsp3) is 0.737. The van der Waals surface area contributed by atoms with E-state index < -0.39 is 0 Å². The van der Waals surface area contributed by atoms with E-state index in [9.17, 15) is 19.8 Å². The summed E-state index contributed by atoms with van der Waals surface area (Å²) in [6, 6.07) is 7.77. The molecule has 6 aliphatic rings. The highest BCUT2D eigenvalue weighted by molar-refractivity contribution is 5.74. The van der Waals surface area contributed by atoms with Gasteiger partial charge in [0.25, 0.3) is 0 Å². The molecule has 1 saturated heterocycles. The van der Waals surface area contributed by atoms with Crippen LogP contribution in [0.3, 0.4) is 0 Å². The van der Waals surface area contributed by atoms with E-state index in [-0.39, 0.29) is 23.0 Å². The maximum absolute atomic E-state index is 12.1. The summed E-state index contributed by atoms with van der Waals surface area (Å²) in [5.74, 6) is 3.76. The molecule has 7 rings (SSSR count). The maximum Gasteiger partial charge on any atom is 0.150 e. The van der Waals surface area contributed by atoms with Gasteiger partial charge in [0.2, 0.25) is 0 Å². The maximum atomic E-state index is 12.1. The van der Waals surface area contributed by atoms with Crippen molar-refractivity contribution in [2.45, 2.75) is 164 Å². The van der Waals surface area contributed by atoms with Crippen LogP contribution in [-0.4, -0.2) is 101 Å². The van der Waals surface area contributed by atoms with Crippen LogP contribution >= 0.6 is 0 Å². The number of hydrogen-bond acceptors (Lipinski definition) is 9. The zero-order valence-corrected chi connectivity index (χ0v) is 44.1. The topological polar surface area (TPSA) is 145 Å². The molecule has 5 saturated carbocycles. The van der Waals surface area contributed by atoms with Gasteiger partial charge in [0, 0.05) is 37.2 Å². The Balaban J connectivity index is 0.000000498. The van der Waals surface area contributed by atoms with Crippen LogP contribution in [0, 0.1) is 51.2 Å². The predicted octanol–water partition coefficient (Wildman–Crippen LogP) is 10.4. The first-order valence-corrected chi connectivity index (χ1v) is 25.8. The van der Waals surface area contributed by atoms with Crippen LogP contribution in [0.2, 0.25) is 0 Å². The molecule has 1 aromatic rings. The van der Waals surface area contributed by atoms with Gasteiger partial charge in [0.1, 0.15) is 19.4 Å². The highest BCUT2D eigenvalue weighted by Gasteiger charge is 2.66. The molecular formula is C57H100N4O5. The Labute approximate surface area is 404 Å². The van der Waals surface area contributed by atoms with Crippen LogP contribution in [-0.2, 0) is 16.0 Å². The normalized spacial score (nSPS) is 32.0. The first-order chi connectivity index (χ1) is 31.7. The zero-order chi connectivity index (χ0) is 50.1. The molecule has 9 heteroatoms. The number of aliphatic hydroxyl groups excluding tert-OH is 2. The van der Waals surface area contributed by atoms with Gasteiger partial charge in [-0.15, -0.1) is 13.2 Å². The number of piperidine rings is 1. The minimum Gasteiger partial charge on any atom is -0.393 e. The van der Waals surface area contributed by atoms with Crippen molar-refractivity contribution in [1.29, 1.82) is 0 Å². The average Bonchev–Trinajstić information content (AvgIpc) is 3.80. The molecule has 0 bridgehead atoms. The molecule has 6 fully saturated rings. The zero-order valence-electron chi connectivity index (χ0n) is 44.1. The fourth-order valence-corrected chi connectivity index (χ4v) is 13.8. The Morgan fingerprint density at radius 2 is 1.39 bits per heavy atom. The third-order valence-electron chi connectivity index (χ3n) is 17.1. The second-order valence-corrected chi connectivity index (χ2v) is 20.7. The number of aldehydes is 2. The molecule has 1 heterocycles. The lowest BCUT2D eigenvalue weighted by molar-refractivity contribution is -0.213. The Hall–Kier alpha value is -2.79. The van der Waals surface area contributed by atoms with Crippen LogP contribution in [0.4, 0.5) is 0 Å². The summed E-state index contributed by atoms with van der Waals surface area (Å²) in [7, 11) is 5.44. The van der Waals surface area contributed by atoms with Gasteiger partial charge in [0.15, 0.2) is 0 Å². The van der Waals surface area contributed by atoms with Gasteiger partial charge in [-0.2, -0.15) is 0 Å². The minimum atomic E-state index is -0.132. The summed E-state index contributed by atoms with van der Waals surface area (Å²) >= 11 is 0. The molecule has 378 valence electrons. The van der Waals surface area contributed by atoms with Crippen molar-refractivity contribution in [3.05, 3.63) is 71.8 Å². The number of carbonyl (C=O) groups is 3. The van der Waals surface area contributed by atoms with E-state index >= 15 is 0 Å². The number of likely N-dealkylation sites (N-methyl/N-ethyl adjacent to an activating group) is 1. The summed E-state index contributed by atoms with van der Waals surface area (Å²) in [5, 5.41) is 26.3. The summed E-state index contributed by atoms with van der Waals surface area (Å²) in [6.45, 7) is 31.4. The minimum absolute atomic E-state index is 0.0409. The van der Waals surface area contributed by atoms with Crippen molar-refractivity contribution in [2.75, 3.05) is 53.9 Å². The Morgan fingerprint density at radius 3 is 1.95 bits per heavy atom. The summed E-state index contributed by atoms with van der Waals surface area (Å²) in [6.07, 6.45) is 24.1. The number of allylic oxidation sites excluding steroid dienone is 3. The number of nitrogens with two attached hydrogens (primary N) is 1. The number of aliphatic hydroxyl groups is 2. The van der Waals surface area contributed by atoms with Gasteiger partial charge in [-0.1, -0.05) is 95.5 Å². The third kappa shape index (κ3) is 15.4. The van der Waals surface area contributed by atoms with E-state index in [1.54, 1.807) is 0 Å². The monoisotopic (exact) mass is 921 g/mol. The molecule has 66 heavy (non-hydrogen) atoms. The third-order valence-corrected chi connectivity index (χ3v) is 17.1. The van der Waals surface area contributed by atoms with Crippen LogP contribution < -0.4 is 16.4 Å². The number of rotatable bonds is 11. The number of nitrogens with one attached hydrogen (secondary N) is 2. The molecule has 9 unspecified atom stereocenters. The number of likely N-dealkylation sites (tertiary alicyclic amines) is 1. The highest BCUT2D eigenvalue weighted by Crippen LogP contribution is 2.72. The lowest BCUT2D eigenvalue weighted by Crippen LogP contribution is -2.63. The van der Waals surface area contributed by atoms with Gasteiger partial charge in [-0.05, 0) is 183 Å². The van der Waals surface area contributed by atoms with Crippen molar-refractivity contribution in [1.82, 2.24) is 15.5 Å². The van der Waals surface area contributed by atoms with E-state index in [1.165, 1.54) is 81.4 Å². The summed E-state index contributed by atoms with van der Waals surface area (Å²) in [4.78, 5) is 33.1. The quantitative estimate of drug-likeness (QED) is 0.0832. The molecule has 6 N–H and O–H groups in total. The molecule has 0 aromatic heterocycles. The van der Waals surface area contributed by atoms with Gasteiger partial charge in [-0.25, -0.2) is 0 Å². The van der Waals surface area contributed by atoms with Crippen LogP contribution in [0.5, 0.6) is 0 Å². The standard InChI is InChI=1S/C26H42O2.C17H23NO.C8H18N2O.C2H6.C2H4.CH5N.CH2O/c1-23(2)20-10-13-24(3)18-9-15-26(16-27)12-5-6-19(26)17(18)7-8-21(24)25(20,4)14-11-22(23)28;1-4-15(9-10-18-3)11-14(2)12-16-5-7-17(13-19)8-6-16;1-9-4-7-10-5-2-8(11)3-6-10;4*1-2/h16-22,28H,5-15H2,1-4H3;4-8,11,13,18H,9-10,12H2,1-3H3;8-9,11H,2-7H2,1H3;1-2H3;1-2H2;2H2,1H3;1H2/b;14-11+,15-4-;;;;;. The lowest BCUT2D eigenvalue weighted by atomic mass is 9.36. The summed E-state index contributed by atoms with van der Waals surface area (Å²) in [5.41, 5.74) is 10.1. The molecule has 1 aliphatic heterocycles. The largest absolute Gasteiger partial charge is 0.393 e. The molecular weight excluding hydrogens is 821 g/mol. The van der Waals surface area contributed by atoms with Crippen molar-refractivity contribution in [3.8, 4) is 0 Å². The van der Waals surface area contributed by atoms with Gasteiger partial charge < -0.3 is 41.1 Å².